The van der Waals surface area contributed by atoms with Gasteiger partial charge in [0.25, 0.3) is 0 Å². The highest BCUT2D eigenvalue weighted by molar-refractivity contribution is 5.21. The molecule has 1 heterocycles. The van der Waals surface area contributed by atoms with E-state index in [1.54, 1.807) is 0 Å². The molecule has 1 aromatic carbocycles. The Labute approximate surface area is 105 Å². The van der Waals surface area contributed by atoms with Gasteiger partial charge >= 0.3 is 0 Å². The Morgan fingerprint density at radius 2 is 2.06 bits per heavy atom. The molecule has 0 radical (unpaired) electrons. The molecule has 0 bridgehead atoms. The number of hydrogen-bond acceptors (Lipinski definition) is 2. The van der Waals surface area contributed by atoms with Gasteiger partial charge in [-0.05, 0) is 45.3 Å². The summed E-state index contributed by atoms with van der Waals surface area (Å²) in [5, 5.41) is 3.56. The minimum atomic E-state index is 0.669. The van der Waals surface area contributed by atoms with Gasteiger partial charge in [0.2, 0.25) is 0 Å². The summed E-state index contributed by atoms with van der Waals surface area (Å²) < 4.78 is 0. The first kappa shape index (κ1) is 12.6. The summed E-state index contributed by atoms with van der Waals surface area (Å²) in [5.41, 5.74) is 2.73. The Morgan fingerprint density at radius 1 is 1.29 bits per heavy atom. The van der Waals surface area contributed by atoms with Crippen molar-refractivity contribution in [1.82, 2.24) is 10.2 Å². The maximum Gasteiger partial charge on any atom is 0.0206 e. The fourth-order valence-corrected chi connectivity index (χ4v) is 2.56. The number of nitrogens with one attached hydrogen (secondary N) is 1. The second-order valence-electron chi connectivity index (χ2n) is 5.21. The lowest BCUT2D eigenvalue weighted by Gasteiger charge is -2.24. The molecule has 1 aliphatic heterocycles. The quantitative estimate of drug-likeness (QED) is 0.839. The largest absolute Gasteiger partial charge is 0.311 e. The van der Waals surface area contributed by atoms with Crippen molar-refractivity contribution in [2.45, 2.75) is 39.3 Å². The molecule has 0 amide bonds. The van der Waals surface area contributed by atoms with E-state index in [2.05, 4.69) is 48.3 Å². The SMILES string of the molecule is Cc1cccc(CNCC(C)N2CCCC2)c1. The Kier molecular flexibility index (Phi) is 4.57. The van der Waals surface area contributed by atoms with Crippen molar-refractivity contribution >= 4 is 0 Å². The molecule has 2 rings (SSSR count). The van der Waals surface area contributed by atoms with Crippen LogP contribution in [-0.4, -0.2) is 30.6 Å². The second kappa shape index (κ2) is 6.18. The van der Waals surface area contributed by atoms with Gasteiger partial charge < -0.3 is 5.32 Å². The lowest BCUT2D eigenvalue weighted by molar-refractivity contribution is 0.251. The molecular weight excluding hydrogens is 208 g/mol. The van der Waals surface area contributed by atoms with Gasteiger partial charge in [-0.3, -0.25) is 4.90 Å². The third-order valence-corrected chi connectivity index (χ3v) is 3.62. The number of rotatable bonds is 5. The molecule has 0 saturated carbocycles. The Bertz CT molecular complexity index is 343. The van der Waals surface area contributed by atoms with Gasteiger partial charge in [-0.2, -0.15) is 0 Å². The molecule has 0 aliphatic carbocycles. The van der Waals surface area contributed by atoms with Crippen LogP contribution in [0.3, 0.4) is 0 Å². The maximum absolute atomic E-state index is 3.56. The minimum Gasteiger partial charge on any atom is -0.311 e. The summed E-state index contributed by atoms with van der Waals surface area (Å²) in [6.07, 6.45) is 2.75. The monoisotopic (exact) mass is 232 g/mol. The van der Waals surface area contributed by atoms with E-state index in [0.29, 0.717) is 6.04 Å². The highest BCUT2D eigenvalue weighted by Gasteiger charge is 2.17. The van der Waals surface area contributed by atoms with Crippen molar-refractivity contribution in [2.75, 3.05) is 19.6 Å². The van der Waals surface area contributed by atoms with Crippen LogP contribution >= 0.6 is 0 Å². The summed E-state index contributed by atoms with van der Waals surface area (Å²) in [6.45, 7) is 9.12. The highest BCUT2D eigenvalue weighted by atomic mass is 15.2. The third-order valence-electron chi connectivity index (χ3n) is 3.62. The van der Waals surface area contributed by atoms with Gasteiger partial charge in [-0.15, -0.1) is 0 Å². The third kappa shape index (κ3) is 3.83. The number of benzene rings is 1. The second-order valence-corrected chi connectivity index (χ2v) is 5.21. The number of likely N-dealkylation sites (tertiary alicyclic amines) is 1. The minimum absolute atomic E-state index is 0.669. The molecular formula is C15H24N2. The van der Waals surface area contributed by atoms with Crippen molar-refractivity contribution in [3.8, 4) is 0 Å². The van der Waals surface area contributed by atoms with Crippen LogP contribution in [0.15, 0.2) is 24.3 Å². The van der Waals surface area contributed by atoms with E-state index in [1.807, 2.05) is 0 Å². The average molecular weight is 232 g/mol. The van der Waals surface area contributed by atoms with Gasteiger partial charge in [-0.25, -0.2) is 0 Å². The van der Waals surface area contributed by atoms with Gasteiger partial charge in [-0.1, -0.05) is 29.8 Å². The normalized spacial score (nSPS) is 18.5. The van der Waals surface area contributed by atoms with Crippen molar-refractivity contribution in [3.63, 3.8) is 0 Å². The van der Waals surface area contributed by atoms with E-state index in [9.17, 15) is 0 Å². The van der Waals surface area contributed by atoms with Crippen LogP contribution in [0.25, 0.3) is 0 Å². The van der Waals surface area contributed by atoms with Gasteiger partial charge in [0.05, 0.1) is 0 Å². The summed E-state index contributed by atoms with van der Waals surface area (Å²) in [4.78, 5) is 2.59. The molecule has 1 unspecified atom stereocenters. The molecule has 1 aromatic rings. The molecule has 2 heteroatoms. The van der Waals surface area contributed by atoms with E-state index in [0.717, 1.165) is 13.1 Å². The van der Waals surface area contributed by atoms with E-state index in [4.69, 9.17) is 0 Å². The molecule has 2 nitrogen and oxygen atoms in total. The Balaban J connectivity index is 1.71. The summed E-state index contributed by atoms with van der Waals surface area (Å²) >= 11 is 0. The first-order chi connectivity index (χ1) is 8.25. The topological polar surface area (TPSA) is 15.3 Å². The summed E-state index contributed by atoms with van der Waals surface area (Å²) in [7, 11) is 0. The van der Waals surface area contributed by atoms with Crippen LogP contribution in [0.5, 0.6) is 0 Å². The van der Waals surface area contributed by atoms with Crippen molar-refractivity contribution < 1.29 is 0 Å². The molecule has 17 heavy (non-hydrogen) atoms. The van der Waals surface area contributed by atoms with Crippen LogP contribution in [-0.2, 0) is 6.54 Å². The smallest absolute Gasteiger partial charge is 0.0206 e. The number of nitrogens with zero attached hydrogens (tertiary/aromatic N) is 1. The Morgan fingerprint density at radius 3 is 2.76 bits per heavy atom. The maximum atomic E-state index is 3.56. The van der Waals surface area contributed by atoms with E-state index in [1.165, 1.54) is 37.1 Å². The standard InChI is InChI=1S/C15H24N2/c1-13-6-5-7-15(10-13)12-16-11-14(2)17-8-3-4-9-17/h5-7,10,14,16H,3-4,8-9,11-12H2,1-2H3. The predicted octanol–water partition coefficient (Wildman–Crippen LogP) is 2.57. The molecule has 1 N–H and O–H groups in total. The predicted molar refractivity (Wildman–Crippen MR) is 73.2 cm³/mol. The lowest BCUT2D eigenvalue weighted by Crippen LogP contribution is -2.38. The first-order valence-corrected chi connectivity index (χ1v) is 6.76. The van der Waals surface area contributed by atoms with Gasteiger partial charge in [0.1, 0.15) is 0 Å². The van der Waals surface area contributed by atoms with Crippen molar-refractivity contribution in [3.05, 3.63) is 35.4 Å². The molecule has 1 saturated heterocycles. The van der Waals surface area contributed by atoms with Crippen LogP contribution in [0.2, 0.25) is 0 Å². The van der Waals surface area contributed by atoms with Crippen molar-refractivity contribution in [2.24, 2.45) is 0 Å². The van der Waals surface area contributed by atoms with Crippen molar-refractivity contribution in [1.29, 1.82) is 0 Å². The molecule has 1 atom stereocenters. The van der Waals surface area contributed by atoms with E-state index < -0.39 is 0 Å². The first-order valence-electron chi connectivity index (χ1n) is 6.76. The highest BCUT2D eigenvalue weighted by Crippen LogP contribution is 2.11. The molecule has 0 aromatic heterocycles. The van der Waals surface area contributed by atoms with Crippen LogP contribution in [0, 0.1) is 6.92 Å². The molecule has 94 valence electrons. The zero-order chi connectivity index (χ0) is 12.1. The van der Waals surface area contributed by atoms with Crippen LogP contribution < -0.4 is 5.32 Å². The zero-order valence-corrected chi connectivity index (χ0v) is 11.1. The Hall–Kier alpha value is -0.860. The number of aryl methyl sites for hydroxylation is 1. The fourth-order valence-electron chi connectivity index (χ4n) is 2.56. The molecule has 0 spiro atoms. The number of hydrogen-bond donors (Lipinski definition) is 1. The van der Waals surface area contributed by atoms with Crippen LogP contribution in [0.4, 0.5) is 0 Å². The molecule has 1 fully saturated rings. The zero-order valence-electron chi connectivity index (χ0n) is 11.1. The van der Waals surface area contributed by atoms with E-state index in [-0.39, 0.29) is 0 Å². The van der Waals surface area contributed by atoms with Gasteiger partial charge in [0, 0.05) is 19.1 Å². The summed E-state index contributed by atoms with van der Waals surface area (Å²) in [5.74, 6) is 0. The fraction of sp³-hybridized carbons (Fsp3) is 0.600. The van der Waals surface area contributed by atoms with Gasteiger partial charge in [0.15, 0.2) is 0 Å². The molecule has 1 aliphatic rings. The average Bonchev–Trinajstić information content (AvgIpc) is 2.82. The van der Waals surface area contributed by atoms with E-state index >= 15 is 0 Å². The summed E-state index contributed by atoms with van der Waals surface area (Å²) in [6, 6.07) is 9.41. The lowest BCUT2D eigenvalue weighted by atomic mass is 10.1. The van der Waals surface area contributed by atoms with Crippen LogP contribution in [0.1, 0.15) is 30.9 Å².